The summed E-state index contributed by atoms with van der Waals surface area (Å²) in [6.45, 7) is 0. The van der Waals surface area contributed by atoms with Crippen LogP contribution in [0.2, 0.25) is 0 Å². The minimum atomic E-state index is -0.511. The van der Waals surface area contributed by atoms with Gasteiger partial charge in [-0.15, -0.1) is 0 Å². The van der Waals surface area contributed by atoms with Crippen LogP contribution in [0.15, 0.2) is 67.0 Å². The molecule has 0 radical (unpaired) electrons. The van der Waals surface area contributed by atoms with Crippen LogP contribution >= 0.6 is 0 Å². The van der Waals surface area contributed by atoms with E-state index in [1.807, 2.05) is 12.1 Å². The Kier molecular flexibility index (Phi) is 3.93. The van der Waals surface area contributed by atoms with Gasteiger partial charge in [-0.1, -0.05) is 24.3 Å². The molecule has 2 aromatic heterocycles. The molecule has 27 heavy (non-hydrogen) atoms. The van der Waals surface area contributed by atoms with E-state index in [9.17, 15) is 14.7 Å². The van der Waals surface area contributed by atoms with Crippen molar-refractivity contribution in [2.45, 2.75) is 0 Å². The number of aromatic nitrogens is 2. The number of hydrogen-bond acceptors (Lipinski definition) is 4. The third kappa shape index (κ3) is 2.93. The molecule has 132 valence electrons. The van der Waals surface area contributed by atoms with Gasteiger partial charge in [0.25, 0.3) is 0 Å². The zero-order valence-corrected chi connectivity index (χ0v) is 14.1. The molecule has 0 aliphatic carbocycles. The van der Waals surface area contributed by atoms with Gasteiger partial charge in [0.2, 0.25) is 5.91 Å². The first-order valence-electron chi connectivity index (χ1n) is 8.24. The number of fused-ring (bicyclic) bond motifs is 1. The average molecular weight is 357 g/mol. The van der Waals surface area contributed by atoms with Gasteiger partial charge in [0.05, 0.1) is 5.56 Å². The minimum Gasteiger partial charge on any atom is -0.507 e. The fourth-order valence-electron chi connectivity index (χ4n) is 3.01. The molecular weight excluding hydrogens is 342 g/mol. The Bertz CT molecular complexity index is 1190. The number of amides is 1. The lowest BCUT2D eigenvalue weighted by molar-refractivity contribution is 0.0998. The molecule has 6 nitrogen and oxygen atoms in total. The van der Waals surface area contributed by atoms with E-state index in [2.05, 4.69) is 9.97 Å². The van der Waals surface area contributed by atoms with E-state index in [0.717, 1.165) is 11.1 Å². The van der Waals surface area contributed by atoms with Crippen molar-refractivity contribution in [3.8, 4) is 16.9 Å². The summed E-state index contributed by atoms with van der Waals surface area (Å²) in [7, 11) is 0. The van der Waals surface area contributed by atoms with E-state index < -0.39 is 5.91 Å². The van der Waals surface area contributed by atoms with E-state index in [4.69, 9.17) is 5.73 Å². The number of pyridine rings is 1. The van der Waals surface area contributed by atoms with Crippen molar-refractivity contribution in [3.63, 3.8) is 0 Å². The molecular formula is C21H15N3O3. The second-order valence-corrected chi connectivity index (χ2v) is 6.11. The lowest BCUT2D eigenvalue weighted by atomic mass is 10.00. The summed E-state index contributed by atoms with van der Waals surface area (Å²) in [5, 5.41) is 10.6. The van der Waals surface area contributed by atoms with E-state index in [1.165, 1.54) is 6.07 Å². The molecule has 0 spiro atoms. The minimum absolute atomic E-state index is 0.0740. The largest absolute Gasteiger partial charge is 0.507 e. The number of aromatic amines is 1. The van der Waals surface area contributed by atoms with Crippen molar-refractivity contribution in [2.75, 3.05) is 0 Å². The topological polar surface area (TPSA) is 109 Å². The van der Waals surface area contributed by atoms with E-state index in [1.54, 1.807) is 48.8 Å². The molecule has 0 saturated carbocycles. The number of phenolic OH excluding ortho intramolecular Hbond substituents is 1. The molecule has 4 aromatic rings. The second-order valence-electron chi connectivity index (χ2n) is 6.11. The van der Waals surface area contributed by atoms with Crippen molar-refractivity contribution in [1.82, 2.24) is 9.97 Å². The summed E-state index contributed by atoms with van der Waals surface area (Å²) in [5.41, 5.74) is 8.45. The molecule has 6 heteroatoms. The average Bonchev–Trinajstić information content (AvgIpc) is 3.11. The summed E-state index contributed by atoms with van der Waals surface area (Å²) >= 11 is 0. The number of ketones is 1. The highest BCUT2D eigenvalue weighted by Crippen LogP contribution is 2.28. The summed E-state index contributed by atoms with van der Waals surface area (Å²) in [6.07, 6.45) is 3.24. The number of aromatic hydroxyl groups is 1. The molecule has 0 fully saturated rings. The van der Waals surface area contributed by atoms with Gasteiger partial charge in [0.1, 0.15) is 11.4 Å². The number of nitrogens with two attached hydrogens (primary N) is 1. The van der Waals surface area contributed by atoms with Gasteiger partial charge in [0.15, 0.2) is 5.78 Å². The van der Waals surface area contributed by atoms with Crippen molar-refractivity contribution >= 4 is 22.7 Å². The van der Waals surface area contributed by atoms with Gasteiger partial charge in [-0.3, -0.25) is 9.59 Å². The zero-order valence-electron chi connectivity index (χ0n) is 14.1. The quantitative estimate of drug-likeness (QED) is 0.487. The van der Waals surface area contributed by atoms with Gasteiger partial charge in [-0.05, 0) is 35.9 Å². The molecule has 0 bridgehead atoms. The molecule has 0 saturated heterocycles. The number of carbonyl (C=O) groups is 2. The van der Waals surface area contributed by atoms with Crippen molar-refractivity contribution < 1.29 is 14.7 Å². The number of hydrogen-bond donors (Lipinski definition) is 3. The SMILES string of the molecule is NC(=O)c1cccc(-c2cnc3[nH]cc(C(=O)c4ccccc4O)c3c2)c1. The second kappa shape index (κ2) is 6.42. The third-order valence-electron chi connectivity index (χ3n) is 4.40. The van der Waals surface area contributed by atoms with Gasteiger partial charge in [-0.25, -0.2) is 4.98 Å². The van der Waals surface area contributed by atoms with Crippen LogP contribution in [0.3, 0.4) is 0 Å². The first kappa shape index (κ1) is 16.5. The number of phenols is 1. The number of rotatable bonds is 4. The number of para-hydroxylation sites is 1. The zero-order chi connectivity index (χ0) is 19.0. The van der Waals surface area contributed by atoms with Crippen LogP contribution in [0.4, 0.5) is 0 Å². The van der Waals surface area contributed by atoms with E-state index in [-0.39, 0.29) is 17.1 Å². The maximum Gasteiger partial charge on any atom is 0.248 e. The summed E-state index contributed by atoms with van der Waals surface area (Å²) in [5.74, 6) is -0.887. The number of carbonyl (C=O) groups excluding carboxylic acids is 2. The standard InChI is InChI=1S/C21H15N3O3/c22-20(27)13-5-3-4-12(8-13)14-9-16-17(11-24-21(16)23-10-14)19(26)15-6-1-2-7-18(15)25/h1-11,25H,(H2,22,27)(H,23,24). The Morgan fingerprint density at radius 3 is 2.56 bits per heavy atom. The van der Waals surface area contributed by atoms with E-state index in [0.29, 0.717) is 22.2 Å². The van der Waals surface area contributed by atoms with Gasteiger partial charge < -0.3 is 15.8 Å². The number of primary amides is 1. The fourth-order valence-corrected chi connectivity index (χ4v) is 3.01. The van der Waals surface area contributed by atoms with Crippen LogP contribution in [0, 0.1) is 0 Å². The predicted octanol–water partition coefficient (Wildman–Crippen LogP) is 3.27. The van der Waals surface area contributed by atoms with Crippen LogP contribution in [-0.4, -0.2) is 26.8 Å². The lowest BCUT2D eigenvalue weighted by Gasteiger charge is -2.05. The van der Waals surface area contributed by atoms with Gasteiger partial charge in [0, 0.05) is 34.5 Å². The number of benzene rings is 2. The van der Waals surface area contributed by atoms with Crippen LogP contribution < -0.4 is 5.73 Å². The van der Waals surface area contributed by atoms with E-state index >= 15 is 0 Å². The maximum absolute atomic E-state index is 12.9. The number of nitrogens with one attached hydrogen (secondary N) is 1. The molecule has 0 aliphatic rings. The molecule has 2 heterocycles. The highest BCUT2D eigenvalue weighted by molar-refractivity contribution is 6.17. The third-order valence-corrected chi connectivity index (χ3v) is 4.40. The summed E-state index contributed by atoms with van der Waals surface area (Å²) in [6, 6.07) is 15.1. The molecule has 0 unspecified atom stereocenters. The first-order valence-corrected chi connectivity index (χ1v) is 8.24. The lowest BCUT2D eigenvalue weighted by Crippen LogP contribution is -2.10. The Labute approximate surface area is 154 Å². The molecule has 1 amide bonds. The summed E-state index contributed by atoms with van der Waals surface area (Å²) < 4.78 is 0. The molecule has 2 aromatic carbocycles. The Morgan fingerprint density at radius 1 is 0.963 bits per heavy atom. The molecule has 0 aliphatic heterocycles. The van der Waals surface area contributed by atoms with Crippen LogP contribution in [0.5, 0.6) is 5.75 Å². The molecule has 4 N–H and O–H groups in total. The molecule has 0 atom stereocenters. The Morgan fingerprint density at radius 2 is 1.78 bits per heavy atom. The fraction of sp³-hybridized carbons (Fsp3) is 0. The van der Waals surface area contributed by atoms with Crippen molar-refractivity contribution in [1.29, 1.82) is 0 Å². The smallest absolute Gasteiger partial charge is 0.248 e. The van der Waals surface area contributed by atoms with Gasteiger partial charge in [-0.2, -0.15) is 0 Å². The first-order chi connectivity index (χ1) is 13.0. The Hall–Kier alpha value is -3.93. The molecule has 4 rings (SSSR count). The monoisotopic (exact) mass is 357 g/mol. The Balaban J connectivity index is 1.83. The number of H-pyrrole nitrogens is 1. The highest BCUT2D eigenvalue weighted by Gasteiger charge is 2.18. The van der Waals surface area contributed by atoms with Crippen molar-refractivity contribution in [3.05, 3.63) is 83.7 Å². The number of nitrogens with zero attached hydrogens (tertiary/aromatic N) is 1. The van der Waals surface area contributed by atoms with Crippen molar-refractivity contribution in [2.24, 2.45) is 5.73 Å². The normalized spacial score (nSPS) is 10.8. The predicted molar refractivity (Wildman–Crippen MR) is 102 cm³/mol. The van der Waals surface area contributed by atoms with Crippen LogP contribution in [0.1, 0.15) is 26.3 Å². The van der Waals surface area contributed by atoms with Crippen LogP contribution in [0.25, 0.3) is 22.2 Å². The van der Waals surface area contributed by atoms with Crippen LogP contribution in [-0.2, 0) is 0 Å². The highest BCUT2D eigenvalue weighted by atomic mass is 16.3. The maximum atomic E-state index is 12.9. The van der Waals surface area contributed by atoms with Gasteiger partial charge >= 0.3 is 0 Å². The summed E-state index contributed by atoms with van der Waals surface area (Å²) in [4.78, 5) is 31.6.